The summed E-state index contributed by atoms with van der Waals surface area (Å²) in [6, 6.07) is 12.9. The van der Waals surface area contributed by atoms with E-state index in [9.17, 15) is 13.2 Å². The number of likely N-dealkylation sites (tertiary alicyclic amines) is 1. The number of hydrogen-bond acceptors (Lipinski definition) is 5. The highest BCUT2D eigenvalue weighted by molar-refractivity contribution is 7.89. The summed E-state index contributed by atoms with van der Waals surface area (Å²) < 4.78 is 29.5. The molecule has 3 heterocycles. The number of amides is 1. The lowest BCUT2D eigenvalue weighted by atomic mass is 9.96. The molecule has 0 saturated carbocycles. The number of pyridine rings is 1. The second-order valence-electron chi connectivity index (χ2n) is 7.27. The lowest BCUT2D eigenvalue weighted by molar-refractivity contribution is -0.133. The topological polar surface area (TPSA) is 96.7 Å². The first kappa shape index (κ1) is 19.5. The van der Waals surface area contributed by atoms with Gasteiger partial charge in [0, 0.05) is 25.2 Å². The third-order valence-corrected chi connectivity index (χ3v) is 6.75. The van der Waals surface area contributed by atoms with Gasteiger partial charge in [0.1, 0.15) is 5.82 Å². The Kier molecular flexibility index (Phi) is 5.33. The minimum atomic E-state index is -3.75. The molecule has 1 aliphatic rings. The maximum absolute atomic E-state index is 12.9. The van der Waals surface area contributed by atoms with Gasteiger partial charge >= 0.3 is 0 Å². The molecule has 0 bridgehead atoms. The van der Waals surface area contributed by atoms with Gasteiger partial charge in [-0.05, 0) is 44.0 Å². The normalized spacial score (nSPS) is 18.7. The molecular weight excluding hydrogens is 390 g/mol. The summed E-state index contributed by atoms with van der Waals surface area (Å²) in [6.07, 6.45) is 3.65. The number of nitrogens with one attached hydrogen (secondary N) is 1. The van der Waals surface area contributed by atoms with Gasteiger partial charge in [0.15, 0.2) is 5.65 Å². The van der Waals surface area contributed by atoms with E-state index < -0.39 is 16.1 Å². The van der Waals surface area contributed by atoms with Crippen LogP contribution in [0.1, 0.15) is 31.5 Å². The van der Waals surface area contributed by atoms with Crippen molar-refractivity contribution in [3.63, 3.8) is 0 Å². The lowest BCUT2D eigenvalue weighted by Crippen LogP contribution is -2.49. The minimum absolute atomic E-state index is 0.0584. The van der Waals surface area contributed by atoms with Gasteiger partial charge in [-0.2, -0.15) is 4.72 Å². The average molecular weight is 414 g/mol. The van der Waals surface area contributed by atoms with Crippen molar-refractivity contribution in [2.24, 2.45) is 0 Å². The molecule has 0 radical (unpaired) electrons. The molecule has 8 nitrogen and oxygen atoms in total. The van der Waals surface area contributed by atoms with Crippen LogP contribution in [0.25, 0.3) is 5.65 Å². The van der Waals surface area contributed by atoms with E-state index in [1.165, 1.54) is 12.1 Å². The number of sulfonamides is 1. The molecule has 152 valence electrons. The van der Waals surface area contributed by atoms with Crippen molar-refractivity contribution in [1.82, 2.24) is 24.2 Å². The minimum Gasteiger partial charge on any atom is -0.341 e. The third kappa shape index (κ3) is 4.01. The molecule has 1 aromatic carbocycles. The Morgan fingerprint density at radius 3 is 2.69 bits per heavy atom. The zero-order valence-corrected chi connectivity index (χ0v) is 16.9. The maximum atomic E-state index is 12.9. The highest BCUT2D eigenvalue weighted by Crippen LogP contribution is 2.26. The highest BCUT2D eigenvalue weighted by atomic mass is 32.2. The Morgan fingerprint density at radius 1 is 1.14 bits per heavy atom. The number of rotatable bonds is 5. The molecule has 29 heavy (non-hydrogen) atoms. The Hall–Kier alpha value is -2.78. The molecule has 1 aliphatic heterocycles. The number of nitrogens with zero attached hydrogens (tertiary/aromatic N) is 4. The van der Waals surface area contributed by atoms with Crippen LogP contribution in [0.3, 0.4) is 0 Å². The Morgan fingerprint density at radius 2 is 1.90 bits per heavy atom. The van der Waals surface area contributed by atoms with Crippen LogP contribution in [-0.2, 0) is 14.8 Å². The fraction of sp³-hybridized carbons (Fsp3) is 0.350. The van der Waals surface area contributed by atoms with Crippen LogP contribution in [0.2, 0.25) is 0 Å². The molecule has 2 aromatic heterocycles. The zero-order valence-electron chi connectivity index (χ0n) is 16.1. The number of benzene rings is 1. The zero-order chi connectivity index (χ0) is 20.4. The second kappa shape index (κ2) is 7.92. The number of carbonyl (C=O) groups excluding carboxylic acids is 1. The highest BCUT2D eigenvalue weighted by Gasteiger charge is 2.31. The smallest absolute Gasteiger partial charge is 0.241 e. The van der Waals surface area contributed by atoms with Crippen molar-refractivity contribution in [2.45, 2.75) is 36.6 Å². The first-order valence-electron chi connectivity index (χ1n) is 9.61. The molecule has 3 aromatic rings. The molecule has 0 spiro atoms. The van der Waals surface area contributed by atoms with Crippen molar-refractivity contribution >= 4 is 21.6 Å². The Balaban J connectivity index is 1.47. The number of hydrogen-bond donors (Lipinski definition) is 1. The van der Waals surface area contributed by atoms with E-state index >= 15 is 0 Å². The molecule has 1 amide bonds. The van der Waals surface area contributed by atoms with Crippen LogP contribution in [-0.4, -0.2) is 53.0 Å². The van der Waals surface area contributed by atoms with Crippen molar-refractivity contribution in [1.29, 1.82) is 0 Å². The van der Waals surface area contributed by atoms with E-state index in [1.807, 2.05) is 28.8 Å². The largest absolute Gasteiger partial charge is 0.341 e. The number of carbonyl (C=O) groups is 1. The number of piperidine rings is 1. The summed E-state index contributed by atoms with van der Waals surface area (Å²) >= 11 is 0. The summed E-state index contributed by atoms with van der Waals surface area (Å²) in [5.74, 6) is 0.654. The Labute approximate surface area is 169 Å². The van der Waals surface area contributed by atoms with E-state index in [0.717, 1.165) is 24.3 Å². The van der Waals surface area contributed by atoms with E-state index in [2.05, 4.69) is 14.9 Å². The summed E-state index contributed by atoms with van der Waals surface area (Å²) in [5.41, 5.74) is 0.773. The summed E-state index contributed by atoms with van der Waals surface area (Å²) in [7, 11) is -3.75. The first-order chi connectivity index (χ1) is 14.0. The Bertz CT molecular complexity index is 1110. The van der Waals surface area contributed by atoms with Crippen LogP contribution in [0, 0.1) is 0 Å². The average Bonchev–Trinajstić information content (AvgIpc) is 3.18. The SMILES string of the molecule is C[C@@H](NS(=O)(=O)c1ccccc1)C(=O)N1CCC[C@H](c2nnc3ccccn23)C1. The quantitative estimate of drug-likeness (QED) is 0.688. The molecule has 0 aliphatic carbocycles. The van der Waals surface area contributed by atoms with Gasteiger partial charge in [-0.1, -0.05) is 24.3 Å². The van der Waals surface area contributed by atoms with Gasteiger partial charge in [0.05, 0.1) is 10.9 Å². The van der Waals surface area contributed by atoms with Crippen LogP contribution in [0.15, 0.2) is 59.6 Å². The van der Waals surface area contributed by atoms with E-state index in [-0.39, 0.29) is 16.7 Å². The lowest BCUT2D eigenvalue weighted by Gasteiger charge is -2.33. The predicted molar refractivity (Wildman–Crippen MR) is 108 cm³/mol. The van der Waals surface area contributed by atoms with Gasteiger partial charge in [-0.15, -0.1) is 10.2 Å². The van der Waals surface area contributed by atoms with Gasteiger partial charge in [0.25, 0.3) is 0 Å². The second-order valence-corrected chi connectivity index (χ2v) is 8.98. The van der Waals surface area contributed by atoms with Crippen LogP contribution in [0.5, 0.6) is 0 Å². The van der Waals surface area contributed by atoms with Gasteiger partial charge in [-0.3, -0.25) is 9.20 Å². The van der Waals surface area contributed by atoms with Crippen molar-refractivity contribution in [3.8, 4) is 0 Å². The fourth-order valence-corrected chi connectivity index (χ4v) is 4.97. The van der Waals surface area contributed by atoms with Crippen LogP contribution >= 0.6 is 0 Å². The maximum Gasteiger partial charge on any atom is 0.241 e. The molecule has 4 rings (SSSR count). The van der Waals surface area contributed by atoms with E-state index in [4.69, 9.17) is 0 Å². The number of fused-ring (bicyclic) bond motifs is 1. The van der Waals surface area contributed by atoms with Gasteiger partial charge in [0.2, 0.25) is 15.9 Å². The molecule has 1 saturated heterocycles. The van der Waals surface area contributed by atoms with Gasteiger partial charge in [-0.25, -0.2) is 8.42 Å². The fourth-order valence-electron chi connectivity index (χ4n) is 3.75. The first-order valence-corrected chi connectivity index (χ1v) is 11.1. The standard InChI is InChI=1S/C20H23N5O3S/c1-15(23-29(27,28)17-9-3-2-4-10-17)20(26)24-12-7-8-16(14-24)19-22-21-18-11-5-6-13-25(18)19/h2-6,9-11,13,15-16,23H,7-8,12,14H2,1H3/t15-,16+/m1/s1. The van der Waals surface area contributed by atoms with Crippen molar-refractivity contribution in [2.75, 3.05) is 13.1 Å². The van der Waals surface area contributed by atoms with Crippen LogP contribution < -0.4 is 4.72 Å². The molecule has 2 atom stereocenters. The molecular formula is C20H23N5O3S. The van der Waals surface area contributed by atoms with E-state index in [0.29, 0.717) is 13.1 Å². The molecule has 1 N–H and O–H groups in total. The van der Waals surface area contributed by atoms with E-state index in [1.54, 1.807) is 30.0 Å². The summed E-state index contributed by atoms with van der Waals surface area (Å²) in [4.78, 5) is 14.8. The number of aromatic nitrogens is 3. The third-order valence-electron chi connectivity index (χ3n) is 5.19. The summed E-state index contributed by atoms with van der Waals surface area (Å²) in [5, 5.41) is 8.52. The predicted octanol–water partition coefficient (Wildman–Crippen LogP) is 1.80. The van der Waals surface area contributed by atoms with Crippen LogP contribution in [0.4, 0.5) is 0 Å². The molecule has 1 fully saturated rings. The molecule has 0 unspecified atom stereocenters. The van der Waals surface area contributed by atoms with Crippen molar-refractivity contribution < 1.29 is 13.2 Å². The molecule has 9 heteroatoms. The summed E-state index contributed by atoms with van der Waals surface area (Å²) in [6.45, 7) is 2.67. The van der Waals surface area contributed by atoms with Crippen molar-refractivity contribution in [3.05, 3.63) is 60.6 Å². The monoisotopic (exact) mass is 413 g/mol. The van der Waals surface area contributed by atoms with Gasteiger partial charge < -0.3 is 4.90 Å².